The lowest BCUT2D eigenvalue weighted by Crippen LogP contribution is -2.24. The van der Waals surface area contributed by atoms with Gasteiger partial charge in [-0.15, -0.1) is 6.58 Å². The van der Waals surface area contributed by atoms with Crippen molar-refractivity contribution in [3.8, 4) is 28.3 Å². The zero-order chi connectivity index (χ0) is 32.8. The zero-order valence-electron chi connectivity index (χ0n) is 25.5. The van der Waals surface area contributed by atoms with Crippen molar-refractivity contribution in [2.45, 2.75) is 0 Å². The Kier molecular flexibility index (Phi) is 9.26. The van der Waals surface area contributed by atoms with E-state index >= 15 is 0 Å². The van der Waals surface area contributed by atoms with Crippen LogP contribution < -0.4 is 15.4 Å². The summed E-state index contributed by atoms with van der Waals surface area (Å²) in [6.07, 6.45) is 5.34. The van der Waals surface area contributed by atoms with Crippen LogP contribution in [-0.2, 0) is 0 Å². The molecule has 0 spiro atoms. The minimum Gasteiger partial charge on any atom is -0.492 e. The number of fused-ring (bicyclic) bond motifs is 1. The van der Waals surface area contributed by atoms with Gasteiger partial charge in [0.1, 0.15) is 35.2 Å². The van der Waals surface area contributed by atoms with Crippen LogP contribution >= 0.6 is 0 Å². The quantitative estimate of drug-likeness (QED) is 0.138. The zero-order valence-corrected chi connectivity index (χ0v) is 25.5. The highest BCUT2D eigenvalue weighted by atomic mass is 19.1. The second kappa shape index (κ2) is 14.0. The van der Waals surface area contributed by atoms with Crippen molar-refractivity contribution in [1.29, 1.82) is 0 Å². The van der Waals surface area contributed by atoms with Gasteiger partial charge in [-0.05, 0) is 61.6 Å². The average Bonchev–Trinajstić information content (AvgIpc) is 3.45. The van der Waals surface area contributed by atoms with Gasteiger partial charge >= 0.3 is 0 Å². The molecule has 0 aliphatic carbocycles. The van der Waals surface area contributed by atoms with E-state index in [1.807, 2.05) is 67.9 Å². The SMILES string of the molecule is C=CCN(C)CCOc1cccc(Nc2nccc(-c3c(-c4cccc(NC(=O)c5c(F)cccc5F)c4)nn4ccccc34)n2)c1. The van der Waals surface area contributed by atoms with Gasteiger partial charge in [-0.3, -0.25) is 9.69 Å². The summed E-state index contributed by atoms with van der Waals surface area (Å²) in [4.78, 5) is 24.2. The van der Waals surface area contributed by atoms with Crippen LogP contribution in [0.25, 0.3) is 28.0 Å². The first-order chi connectivity index (χ1) is 22.9. The number of amides is 1. The van der Waals surface area contributed by atoms with Gasteiger partial charge in [0.2, 0.25) is 5.95 Å². The first-order valence-electron chi connectivity index (χ1n) is 14.9. The fourth-order valence-corrected chi connectivity index (χ4v) is 5.09. The summed E-state index contributed by atoms with van der Waals surface area (Å²) in [5.41, 5.74) is 3.84. The van der Waals surface area contributed by atoms with Gasteiger partial charge in [-0.25, -0.2) is 23.3 Å². The van der Waals surface area contributed by atoms with Crippen molar-refractivity contribution in [2.24, 2.45) is 0 Å². The van der Waals surface area contributed by atoms with Gasteiger partial charge in [0.15, 0.2) is 0 Å². The number of halogens is 2. The molecule has 6 rings (SSSR count). The molecular weight excluding hydrogens is 600 g/mol. The smallest absolute Gasteiger partial charge is 0.261 e. The molecule has 3 heterocycles. The molecule has 0 atom stereocenters. The van der Waals surface area contributed by atoms with Crippen LogP contribution in [0.15, 0.2) is 116 Å². The van der Waals surface area contributed by atoms with Crippen molar-refractivity contribution >= 4 is 28.7 Å². The summed E-state index contributed by atoms with van der Waals surface area (Å²) in [5.74, 6) is -1.69. The number of carbonyl (C=O) groups excluding carboxylic acids is 1. The monoisotopic (exact) mass is 631 g/mol. The van der Waals surface area contributed by atoms with E-state index in [4.69, 9.17) is 14.8 Å². The molecule has 0 radical (unpaired) electrons. The van der Waals surface area contributed by atoms with Crippen LogP contribution in [0.3, 0.4) is 0 Å². The summed E-state index contributed by atoms with van der Waals surface area (Å²) in [7, 11) is 2.01. The van der Waals surface area contributed by atoms with E-state index in [9.17, 15) is 13.6 Å². The number of likely N-dealkylation sites (N-methyl/N-ethyl adjacent to an activating group) is 1. The van der Waals surface area contributed by atoms with Crippen LogP contribution in [-0.4, -0.2) is 57.1 Å². The number of ether oxygens (including phenoxy) is 1. The van der Waals surface area contributed by atoms with Gasteiger partial charge in [0.05, 0.1) is 16.8 Å². The number of rotatable bonds is 12. The van der Waals surface area contributed by atoms with Gasteiger partial charge in [0, 0.05) is 48.5 Å². The Labute approximate surface area is 270 Å². The topological polar surface area (TPSA) is 96.7 Å². The van der Waals surface area contributed by atoms with Crippen LogP contribution in [0.1, 0.15) is 10.4 Å². The highest BCUT2D eigenvalue weighted by Crippen LogP contribution is 2.35. The molecular formula is C36H31F2N7O2. The minimum atomic E-state index is -0.944. The number of nitrogens with one attached hydrogen (secondary N) is 2. The number of benzene rings is 3. The molecule has 2 N–H and O–H groups in total. The van der Waals surface area contributed by atoms with Gasteiger partial charge in [-0.1, -0.05) is 36.4 Å². The normalized spacial score (nSPS) is 11.1. The van der Waals surface area contributed by atoms with E-state index < -0.39 is 23.1 Å². The average molecular weight is 632 g/mol. The minimum absolute atomic E-state index is 0.345. The highest BCUT2D eigenvalue weighted by Gasteiger charge is 2.20. The van der Waals surface area contributed by atoms with Crippen molar-refractivity contribution in [3.63, 3.8) is 0 Å². The molecule has 0 aliphatic rings. The Bertz CT molecular complexity index is 2040. The van der Waals surface area contributed by atoms with Crippen LogP contribution in [0.2, 0.25) is 0 Å². The number of pyridine rings is 1. The molecule has 236 valence electrons. The second-order valence-electron chi connectivity index (χ2n) is 10.7. The lowest BCUT2D eigenvalue weighted by Gasteiger charge is -2.15. The molecule has 0 aliphatic heterocycles. The molecule has 6 aromatic rings. The van der Waals surface area contributed by atoms with Crippen molar-refractivity contribution in [1.82, 2.24) is 24.5 Å². The Morgan fingerprint density at radius 1 is 0.979 bits per heavy atom. The summed E-state index contributed by atoms with van der Waals surface area (Å²) in [5, 5.41) is 10.7. The van der Waals surface area contributed by atoms with E-state index in [-0.39, 0.29) is 0 Å². The predicted octanol–water partition coefficient (Wildman–Crippen LogP) is 7.23. The first-order valence-corrected chi connectivity index (χ1v) is 14.9. The molecule has 3 aromatic heterocycles. The maximum Gasteiger partial charge on any atom is 0.261 e. The van der Waals surface area contributed by atoms with Crippen molar-refractivity contribution in [3.05, 3.63) is 133 Å². The number of carbonyl (C=O) groups is 1. The van der Waals surface area contributed by atoms with E-state index in [1.165, 1.54) is 6.07 Å². The van der Waals surface area contributed by atoms with Crippen molar-refractivity contribution < 1.29 is 18.3 Å². The van der Waals surface area contributed by atoms with Gasteiger partial charge in [-0.2, -0.15) is 5.10 Å². The van der Waals surface area contributed by atoms with Gasteiger partial charge < -0.3 is 15.4 Å². The first kappa shape index (κ1) is 31.1. The van der Waals surface area contributed by atoms with E-state index in [0.29, 0.717) is 40.9 Å². The number of anilines is 3. The third kappa shape index (κ3) is 7.15. The molecule has 47 heavy (non-hydrogen) atoms. The van der Waals surface area contributed by atoms with Crippen LogP contribution in [0.5, 0.6) is 5.75 Å². The number of hydrogen-bond acceptors (Lipinski definition) is 7. The molecule has 11 heteroatoms. The maximum absolute atomic E-state index is 14.3. The molecule has 0 saturated carbocycles. The fourth-order valence-electron chi connectivity index (χ4n) is 5.09. The fraction of sp³-hybridized carbons (Fsp3) is 0.111. The Morgan fingerprint density at radius 2 is 1.77 bits per heavy atom. The van der Waals surface area contributed by atoms with Gasteiger partial charge in [0.25, 0.3) is 5.91 Å². The number of hydrogen-bond donors (Lipinski definition) is 2. The maximum atomic E-state index is 14.3. The summed E-state index contributed by atoms with van der Waals surface area (Å²) in [6, 6.07) is 25.3. The predicted molar refractivity (Wildman–Crippen MR) is 179 cm³/mol. The summed E-state index contributed by atoms with van der Waals surface area (Å²) in [6.45, 7) is 5.83. The summed E-state index contributed by atoms with van der Waals surface area (Å²) >= 11 is 0. The van der Waals surface area contributed by atoms with Crippen LogP contribution in [0.4, 0.5) is 26.1 Å². The highest BCUT2D eigenvalue weighted by molar-refractivity contribution is 6.05. The molecule has 0 bridgehead atoms. The third-order valence-electron chi connectivity index (χ3n) is 7.31. The lowest BCUT2D eigenvalue weighted by molar-refractivity contribution is 0.101. The third-order valence-corrected chi connectivity index (χ3v) is 7.31. The lowest BCUT2D eigenvalue weighted by atomic mass is 10.0. The Morgan fingerprint density at radius 3 is 2.60 bits per heavy atom. The largest absolute Gasteiger partial charge is 0.492 e. The molecule has 0 saturated heterocycles. The second-order valence-corrected chi connectivity index (χ2v) is 10.7. The molecule has 1 amide bonds. The molecule has 9 nitrogen and oxygen atoms in total. The number of aromatic nitrogens is 4. The Balaban J connectivity index is 1.28. The van der Waals surface area contributed by atoms with E-state index in [1.54, 1.807) is 35.0 Å². The molecule has 3 aromatic carbocycles. The van der Waals surface area contributed by atoms with Crippen molar-refractivity contribution in [2.75, 3.05) is 37.4 Å². The Hall–Kier alpha value is -5.94. The van der Waals surface area contributed by atoms with E-state index in [0.717, 1.165) is 42.0 Å². The van der Waals surface area contributed by atoms with E-state index in [2.05, 4.69) is 27.1 Å². The molecule has 0 fully saturated rings. The van der Waals surface area contributed by atoms with Crippen LogP contribution in [0, 0.1) is 11.6 Å². The standard InChI is InChI=1S/C36H31F2N7O2/c1-3-18-44(2)20-21-47-27-12-7-11-26(23-27)41-36-39-17-16-30(42-36)33-31-15-4-5-19-45(31)43-34(33)24-9-6-10-25(22-24)40-35(46)32-28(37)13-8-14-29(32)38/h3-17,19,22-23H,1,18,20-21H2,2H3,(H,40,46)(H,39,41,42). The number of nitrogens with zero attached hydrogens (tertiary/aromatic N) is 5. The molecule has 0 unspecified atom stereocenters. The summed E-state index contributed by atoms with van der Waals surface area (Å²) < 4.78 is 36.2.